The number of nitrogen functional groups attached to an aromatic ring is 1. The van der Waals surface area contributed by atoms with Crippen molar-refractivity contribution in [2.45, 2.75) is 6.92 Å². The zero-order valence-electron chi connectivity index (χ0n) is 12.1. The van der Waals surface area contributed by atoms with Crippen molar-refractivity contribution in [1.82, 2.24) is 0 Å². The summed E-state index contributed by atoms with van der Waals surface area (Å²) >= 11 is 0. The standard InChI is InChI=1S/C17H18N2O2/c1-12-5-3-4-6-15(12)19-17(20)10-8-13-7-9-16(21-2)14(18)11-13/h3-11H,18H2,1-2H3,(H,19,20)/b10-8+. The first kappa shape index (κ1) is 14.7. The monoisotopic (exact) mass is 282 g/mol. The summed E-state index contributed by atoms with van der Waals surface area (Å²) in [5, 5.41) is 2.84. The van der Waals surface area contributed by atoms with Crippen molar-refractivity contribution in [3.8, 4) is 5.75 Å². The van der Waals surface area contributed by atoms with Crippen molar-refractivity contribution in [2.75, 3.05) is 18.2 Å². The van der Waals surface area contributed by atoms with Crippen LogP contribution < -0.4 is 15.8 Å². The van der Waals surface area contributed by atoms with Crippen LogP contribution in [0.1, 0.15) is 11.1 Å². The lowest BCUT2D eigenvalue weighted by Crippen LogP contribution is -2.08. The minimum absolute atomic E-state index is 0.182. The Morgan fingerprint density at radius 3 is 2.67 bits per heavy atom. The van der Waals surface area contributed by atoms with Crippen LogP contribution >= 0.6 is 0 Å². The van der Waals surface area contributed by atoms with Gasteiger partial charge in [-0.3, -0.25) is 4.79 Å². The first-order valence-electron chi connectivity index (χ1n) is 6.58. The van der Waals surface area contributed by atoms with Crippen molar-refractivity contribution in [1.29, 1.82) is 0 Å². The number of anilines is 2. The van der Waals surface area contributed by atoms with E-state index >= 15 is 0 Å². The zero-order chi connectivity index (χ0) is 15.2. The highest BCUT2D eigenvalue weighted by atomic mass is 16.5. The number of ether oxygens (including phenoxy) is 1. The molecule has 108 valence electrons. The highest BCUT2D eigenvalue weighted by Crippen LogP contribution is 2.22. The third kappa shape index (κ3) is 3.86. The van der Waals surface area contributed by atoms with Crippen LogP contribution in [0.5, 0.6) is 5.75 Å². The van der Waals surface area contributed by atoms with Crippen molar-refractivity contribution in [3.63, 3.8) is 0 Å². The van der Waals surface area contributed by atoms with Crippen molar-refractivity contribution in [2.24, 2.45) is 0 Å². The maximum Gasteiger partial charge on any atom is 0.248 e. The predicted octanol–water partition coefficient (Wildman–Crippen LogP) is 3.24. The van der Waals surface area contributed by atoms with Gasteiger partial charge in [0.2, 0.25) is 5.91 Å². The Morgan fingerprint density at radius 1 is 1.24 bits per heavy atom. The second-order valence-electron chi connectivity index (χ2n) is 4.64. The van der Waals surface area contributed by atoms with Gasteiger partial charge in [-0.05, 0) is 42.3 Å². The molecule has 2 aromatic carbocycles. The second-order valence-corrected chi connectivity index (χ2v) is 4.64. The highest BCUT2D eigenvalue weighted by Gasteiger charge is 2.01. The topological polar surface area (TPSA) is 64.3 Å². The number of nitrogens with two attached hydrogens (primary N) is 1. The molecule has 3 N–H and O–H groups in total. The summed E-state index contributed by atoms with van der Waals surface area (Å²) < 4.78 is 5.09. The molecular weight excluding hydrogens is 264 g/mol. The van der Waals surface area contributed by atoms with Gasteiger partial charge < -0.3 is 15.8 Å². The van der Waals surface area contributed by atoms with Crippen molar-refractivity contribution in [3.05, 3.63) is 59.7 Å². The van der Waals surface area contributed by atoms with Crippen LogP contribution in [-0.4, -0.2) is 13.0 Å². The molecule has 2 rings (SSSR count). The molecule has 21 heavy (non-hydrogen) atoms. The van der Waals surface area contributed by atoms with Gasteiger partial charge in [-0.2, -0.15) is 0 Å². The first-order chi connectivity index (χ1) is 10.1. The maximum atomic E-state index is 11.9. The molecule has 2 aromatic rings. The predicted molar refractivity (Wildman–Crippen MR) is 86.2 cm³/mol. The molecule has 0 saturated heterocycles. The second kappa shape index (κ2) is 6.61. The Morgan fingerprint density at radius 2 is 2.00 bits per heavy atom. The van der Waals surface area contributed by atoms with Crippen LogP contribution in [0, 0.1) is 6.92 Å². The van der Waals surface area contributed by atoms with Crippen LogP contribution in [0.4, 0.5) is 11.4 Å². The average Bonchev–Trinajstić information content (AvgIpc) is 2.48. The fraction of sp³-hybridized carbons (Fsp3) is 0.118. The molecule has 0 unspecified atom stereocenters. The molecule has 4 heteroatoms. The summed E-state index contributed by atoms with van der Waals surface area (Å²) in [5.41, 5.74) is 9.03. The van der Waals surface area contributed by atoms with Gasteiger partial charge >= 0.3 is 0 Å². The molecule has 0 aliphatic carbocycles. The normalized spacial score (nSPS) is 10.6. The molecule has 0 atom stereocenters. The van der Waals surface area contributed by atoms with E-state index in [1.807, 2.05) is 37.3 Å². The van der Waals surface area contributed by atoms with Gasteiger partial charge in [0.15, 0.2) is 0 Å². The molecule has 1 amide bonds. The first-order valence-corrected chi connectivity index (χ1v) is 6.58. The summed E-state index contributed by atoms with van der Waals surface area (Å²) in [4.78, 5) is 11.9. The number of amides is 1. The quantitative estimate of drug-likeness (QED) is 0.668. The number of para-hydroxylation sites is 1. The summed E-state index contributed by atoms with van der Waals surface area (Å²) in [7, 11) is 1.57. The minimum atomic E-state index is -0.182. The fourth-order valence-corrected chi connectivity index (χ4v) is 1.92. The fourth-order valence-electron chi connectivity index (χ4n) is 1.92. The number of carbonyl (C=O) groups excluding carboxylic acids is 1. The summed E-state index contributed by atoms with van der Waals surface area (Å²) in [5.74, 6) is 0.440. The minimum Gasteiger partial charge on any atom is -0.495 e. The molecule has 4 nitrogen and oxygen atoms in total. The highest BCUT2D eigenvalue weighted by molar-refractivity contribution is 6.02. The molecule has 0 aromatic heterocycles. The van der Waals surface area contributed by atoms with Crippen LogP contribution in [0.3, 0.4) is 0 Å². The Kier molecular flexibility index (Phi) is 4.61. The largest absolute Gasteiger partial charge is 0.495 e. The van der Waals surface area contributed by atoms with E-state index in [4.69, 9.17) is 10.5 Å². The van der Waals surface area contributed by atoms with Crippen LogP contribution in [0.2, 0.25) is 0 Å². The van der Waals surface area contributed by atoms with Gasteiger partial charge in [0, 0.05) is 11.8 Å². The number of hydrogen-bond donors (Lipinski definition) is 2. The van der Waals surface area contributed by atoms with Crippen LogP contribution in [0.15, 0.2) is 48.5 Å². The van der Waals surface area contributed by atoms with E-state index in [0.717, 1.165) is 16.8 Å². The van der Waals surface area contributed by atoms with E-state index in [2.05, 4.69) is 5.32 Å². The molecule has 0 spiro atoms. The lowest BCUT2D eigenvalue weighted by Gasteiger charge is -2.06. The Bertz CT molecular complexity index is 678. The number of aryl methyl sites for hydroxylation is 1. The molecule has 0 fully saturated rings. The van der Waals surface area contributed by atoms with E-state index in [0.29, 0.717) is 11.4 Å². The van der Waals surface area contributed by atoms with E-state index < -0.39 is 0 Å². The molecular formula is C17H18N2O2. The number of nitrogens with one attached hydrogen (secondary N) is 1. The van der Waals surface area contributed by atoms with E-state index in [1.54, 1.807) is 25.3 Å². The van der Waals surface area contributed by atoms with Gasteiger partial charge in [-0.15, -0.1) is 0 Å². The number of carbonyl (C=O) groups is 1. The van der Waals surface area contributed by atoms with Crippen molar-refractivity contribution >= 4 is 23.4 Å². The Balaban J connectivity index is 2.05. The van der Waals surface area contributed by atoms with Gasteiger partial charge in [-0.25, -0.2) is 0 Å². The van der Waals surface area contributed by atoms with Crippen LogP contribution in [0.25, 0.3) is 6.08 Å². The van der Waals surface area contributed by atoms with Crippen LogP contribution in [-0.2, 0) is 4.79 Å². The molecule has 0 bridgehead atoms. The molecule has 0 saturated carbocycles. The Labute approximate surface area is 124 Å². The zero-order valence-corrected chi connectivity index (χ0v) is 12.1. The summed E-state index contributed by atoms with van der Waals surface area (Å²) in [6, 6.07) is 13.0. The number of hydrogen-bond acceptors (Lipinski definition) is 3. The Hall–Kier alpha value is -2.75. The SMILES string of the molecule is COc1ccc(/C=C/C(=O)Nc2ccccc2C)cc1N. The average molecular weight is 282 g/mol. The van der Waals surface area contributed by atoms with E-state index in [-0.39, 0.29) is 5.91 Å². The number of methoxy groups -OCH3 is 1. The smallest absolute Gasteiger partial charge is 0.248 e. The van der Waals surface area contributed by atoms with E-state index in [9.17, 15) is 4.79 Å². The summed E-state index contributed by atoms with van der Waals surface area (Å²) in [6.07, 6.45) is 3.19. The summed E-state index contributed by atoms with van der Waals surface area (Å²) in [6.45, 7) is 1.95. The molecule has 0 aliphatic rings. The van der Waals surface area contributed by atoms with Gasteiger partial charge in [-0.1, -0.05) is 24.3 Å². The third-order valence-electron chi connectivity index (χ3n) is 3.08. The van der Waals surface area contributed by atoms with Crippen molar-refractivity contribution < 1.29 is 9.53 Å². The number of benzene rings is 2. The molecule has 0 heterocycles. The van der Waals surface area contributed by atoms with Gasteiger partial charge in [0.25, 0.3) is 0 Å². The lowest BCUT2D eigenvalue weighted by molar-refractivity contribution is -0.111. The van der Waals surface area contributed by atoms with Gasteiger partial charge in [0.05, 0.1) is 12.8 Å². The maximum absolute atomic E-state index is 11.9. The third-order valence-corrected chi connectivity index (χ3v) is 3.08. The molecule has 0 aliphatic heterocycles. The van der Waals surface area contributed by atoms with E-state index in [1.165, 1.54) is 6.08 Å². The lowest BCUT2D eigenvalue weighted by atomic mass is 10.1. The van der Waals surface area contributed by atoms with Gasteiger partial charge in [0.1, 0.15) is 5.75 Å². The number of rotatable bonds is 4. The molecule has 0 radical (unpaired) electrons.